The SMILES string of the molecule is O=C(NCCc1csc2nc(-c3ccccc3F)nn12)C1CC(=O)N(c2ccccc2)C1. The zero-order valence-electron chi connectivity index (χ0n) is 17.1. The van der Waals surface area contributed by atoms with Gasteiger partial charge in [0, 0.05) is 37.0 Å². The van der Waals surface area contributed by atoms with E-state index in [4.69, 9.17) is 0 Å². The van der Waals surface area contributed by atoms with E-state index in [2.05, 4.69) is 15.4 Å². The molecule has 4 aromatic rings. The van der Waals surface area contributed by atoms with Crippen molar-refractivity contribution < 1.29 is 14.0 Å². The van der Waals surface area contributed by atoms with Crippen LogP contribution in [0.25, 0.3) is 16.3 Å². The summed E-state index contributed by atoms with van der Waals surface area (Å²) in [5.41, 5.74) is 2.05. The van der Waals surface area contributed by atoms with Crippen molar-refractivity contribution in [3.05, 3.63) is 71.5 Å². The Hall–Kier alpha value is -3.59. The summed E-state index contributed by atoms with van der Waals surface area (Å²) in [6, 6.07) is 15.8. The van der Waals surface area contributed by atoms with Gasteiger partial charge < -0.3 is 10.2 Å². The number of aromatic nitrogens is 3. The fourth-order valence-electron chi connectivity index (χ4n) is 3.85. The lowest BCUT2D eigenvalue weighted by Crippen LogP contribution is -2.34. The summed E-state index contributed by atoms with van der Waals surface area (Å²) in [5.74, 6) is -0.571. The number of thiazole rings is 1. The Morgan fingerprint density at radius 3 is 2.75 bits per heavy atom. The van der Waals surface area contributed by atoms with Crippen LogP contribution in [0, 0.1) is 11.7 Å². The van der Waals surface area contributed by atoms with E-state index in [9.17, 15) is 14.0 Å². The van der Waals surface area contributed by atoms with E-state index in [1.807, 2.05) is 35.7 Å². The van der Waals surface area contributed by atoms with Crippen LogP contribution in [0.1, 0.15) is 12.1 Å². The van der Waals surface area contributed by atoms with Crippen LogP contribution < -0.4 is 10.2 Å². The van der Waals surface area contributed by atoms with Gasteiger partial charge in [0.2, 0.25) is 16.8 Å². The number of halogens is 1. The summed E-state index contributed by atoms with van der Waals surface area (Å²) in [5, 5.41) is 9.31. The van der Waals surface area contributed by atoms with E-state index >= 15 is 0 Å². The number of nitrogens with zero attached hydrogens (tertiary/aromatic N) is 4. The van der Waals surface area contributed by atoms with E-state index in [1.165, 1.54) is 17.4 Å². The minimum absolute atomic E-state index is 0.0424. The van der Waals surface area contributed by atoms with Gasteiger partial charge in [0.1, 0.15) is 5.82 Å². The largest absolute Gasteiger partial charge is 0.355 e. The van der Waals surface area contributed by atoms with Crippen LogP contribution >= 0.6 is 11.3 Å². The number of benzene rings is 2. The first-order valence-corrected chi connectivity index (χ1v) is 11.2. The molecule has 2 aromatic heterocycles. The number of amides is 2. The maximum atomic E-state index is 14.1. The molecule has 1 N–H and O–H groups in total. The molecule has 1 aliphatic heterocycles. The first kappa shape index (κ1) is 20.3. The molecule has 7 nitrogen and oxygen atoms in total. The number of carbonyl (C=O) groups is 2. The van der Waals surface area contributed by atoms with Crippen molar-refractivity contribution in [2.45, 2.75) is 12.8 Å². The first-order valence-electron chi connectivity index (χ1n) is 10.3. The number of fused-ring (bicyclic) bond motifs is 1. The molecule has 32 heavy (non-hydrogen) atoms. The van der Waals surface area contributed by atoms with Gasteiger partial charge in [-0.2, -0.15) is 4.98 Å². The number of para-hydroxylation sites is 1. The molecule has 1 unspecified atom stereocenters. The Morgan fingerprint density at radius 1 is 1.16 bits per heavy atom. The molecule has 0 saturated carbocycles. The lowest BCUT2D eigenvalue weighted by Gasteiger charge is -2.16. The van der Waals surface area contributed by atoms with Gasteiger partial charge in [-0.3, -0.25) is 9.59 Å². The molecule has 0 radical (unpaired) electrons. The van der Waals surface area contributed by atoms with Crippen LogP contribution in [0.3, 0.4) is 0 Å². The average Bonchev–Trinajstić information content (AvgIpc) is 3.50. The molecular weight excluding hydrogens is 429 g/mol. The average molecular weight is 450 g/mol. The summed E-state index contributed by atoms with van der Waals surface area (Å²) in [6.07, 6.45) is 0.757. The Morgan fingerprint density at radius 2 is 1.94 bits per heavy atom. The fraction of sp³-hybridized carbons (Fsp3) is 0.217. The quantitative estimate of drug-likeness (QED) is 0.490. The molecule has 162 valence electrons. The predicted octanol–water partition coefficient (Wildman–Crippen LogP) is 3.31. The third kappa shape index (κ3) is 3.87. The van der Waals surface area contributed by atoms with Crippen LogP contribution in [0.5, 0.6) is 0 Å². The van der Waals surface area contributed by atoms with E-state index in [0.717, 1.165) is 11.4 Å². The number of hydrogen-bond donors (Lipinski definition) is 1. The summed E-state index contributed by atoms with van der Waals surface area (Å²) in [6.45, 7) is 0.794. The van der Waals surface area contributed by atoms with Crippen molar-refractivity contribution in [2.75, 3.05) is 18.0 Å². The number of nitrogens with one attached hydrogen (secondary N) is 1. The highest BCUT2D eigenvalue weighted by Gasteiger charge is 2.34. The highest BCUT2D eigenvalue weighted by Crippen LogP contribution is 2.25. The molecule has 3 heterocycles. The molecule has 2 aromatic carbocycles. The van der Waals surface area contributed by atoms with E-state index < -0.39 is 0 Å². The van der Waals surface area contributed by atoms with E-state index in [1.54, 1.807) is 27.6 Å². The molecule has 0 spiro atoms. The topological polar surface area (TPSA) is 79.6 Å². The summed E-state index contributed by atoms with van der Waals surface area (Å²) in [7, 11) is 0. The van der Waals surface area contributed by atoms with E-state index in [-0.39, 0.29) is 30.0 Å². The molecule has 1 atom stereocenters. The second kappa shape index (κ2) is 8.51. The standard InChI is InChI=1S/C23H20FN5O2S/c24-19-9-5-4-8-18(19)21-26-23-29(27-21)17(14-32-23)10-11-25-22(31)15-12-20(30)28(13-15)16-6-2-1-3-7-16/h1-9,14-15H,10-13H2,(H,25,31). The predicted molar refractivity (Wildman–Crippen MR) is 120 cm³/mol. The van der Waals surface area contributed by atoms with Crippen LogP contribution in [-0.4, -0.2) is 39.5 Å². The number of anilines is 1. The first-order chi connectivity index (χ1) is 15.6. The highest BCUT2D eigenvalue weighted by molar-refractivity contribution is 7.15. The molecule has 1 aliphatic rings. The van der Waals surface area contributed by atoms with Gasteiger partial charge in [-0.15, -0.1) is 16.4 Å². The van der Waals surface area contributed by atoms with Crippen molar-refractivity contribution in [3.63, 3.8) is 0 Å². The van der Waals surface area contributed by atoms with Gasteiger partial charge in [-0.1, -0.05) is 30.3 Å². The minimum Gasteiger partial charge on any atom is -0.355 e. The second-order valence-corrected chi connectivity index (χ2v) is 8.46. The van der Waals surface area contributed by atoms with Crippen molar-refractivity contribution in [2.24, 2.45) is 5.92 Å². The lowest BCUT2D eigenvalue weighted by atomic mass is 10.1. The monoisotopic (exact) mass is 449 g/mol. The van der Waals surface area contributed by atoms with Gasteiger partial charge in [0.15, 0.2) is 5.82 Å². The van der Waals surface area contributed by atoms with Crippen LogP contribution in [0.2, 0.25) is 0 Å². The number of hydrogen-bond acceptors (Lipinski definition) is 5. The summed E-state index contributed by atoms with van der Waals surface area (Å²) >= 11 is 1.42. The smallest absolute Gasteiger partial charge is 0.227 e. The maximum Gasteiger partial charge on any atom is 0.227 e. The van der Waals surface area contributed by atoms with Gasteiger partial charge in [0.05, 0.1) is 17.2 Å². The van der Waals surface area contributed by atoms with Crippen molar-refractivity contribution in [3.8, 4) is 11.4 Å². The molecule has 5 rings (SSSR count). The fourth-order valence-corrected chi connectivity index (χ4v) is 4.71. The molecule has 1 fully saturated rings. The molecular formula is C23H20FN5O2S. The van der Waals surface area contributed by atoms with Crippen LogP contribution in [0.4, 0.5) is 10.1 Å². The summed E-state index contributed by atoms with van der Waals surface area (Å²) in [4.78, 5) is 31.7. The number of carbonyl (C=O) groups excluding carboxylic acids is 2. The molecule has 0 aliphatic carbocycles. The number of rotatable bonds is 6. The van der Waals surface area contributed by atoms with E-state index in [0.29, 0.717) is 35.9 Å². The van der Waals surface area contributed by atoms with Gasteiger partial charge in [0.25, 0.3) is 0 Å². The lowest BCUT2D eigenvalue weighted by molar-refractivity contribution is -0.126. The molecule has 2 amide bonds. The third-order valence-electron chi connectivity index (χ3n) is 5.51. The zero-order valence-corrected chi connectivity index (χ0v) is 17.9. The van der Waals surface area contributed by atoms with Gasteiger partial charge in [-0.05, 0) is 24.3 Å². The molecule has 1 saturated heterocycles. The zero-order chi connectivity index (χ0) is 22.1. The van der Waals surface area contributed by atoms with Crippen LogP contribution in [-0.2, 0) is 16.0 Å². The molecule has 0 bridgehead atoms. The van der Waals surface area contributed by atoms with Crippen molar-refractivity contribution in [1.29, 1.82) is 0 Å². The second-order valence-electron chi connectivity index (χ2n) is 7.62. The highest BCUT2D eigenvalue weighted by atomic mass is 32.1. The Labute approximate surface area is 187 Å². The summed E-state index contributed by atoms with van der Waals surface area (Å²) < 4.78 is 15.7. The Kier molecular flexibility index (Phi) is 5.40. The molecule has 9 heteroatoms. The Bertz CT molecular complexity index is 1290. The van der Waals surface area contributed by atoms with Crippen molar-refractivity contribution >= 4 is 33.8 Å². The normalized spacial score (nSPS) is 16.1. The van der Waals surface area contributed by atoms with Crippen molar-refractivity contribution in [1.82, 2.24) is 19.9 Å². The third-order valence-corrected chi connectivity index (χ3v) is 6.37. The minimum atomic E-state index is -0.371. The Balaban J connectivity index is 1.21. The van der Waals surface area contributed by atoms with Gasteiger partial charge >= 0.3 is 0 Å². The van der Waals surface area contributed by atoms with Crippen LogP contribution in [0.15, 0.2) is 60.0 Å². The maximum absolute atomic E-state index is 14.1. The van der Waals surface area contributed by atoms with Gasteiger partial charge in [-0.25, -0.2) is 8.91 Å².